The van der Waals surface area contributed by atoms with E-state index in [9.17, 15) is 0 Å². The molecule has 1 aliphatic carbocycles. The van der Waals surface area contributed by atoms with Gasteiger partial charge in [0.05, 0.1) is 10.6 Å². The summed E-state index contributed by atoms with van der Waals surface area (Å²) in [5.41, 5.74) is 1.13. The van der Waals surface area contributed by atoms with Crippen molar-refractivity contribution in [1.29, 1.82) is 0 Å². The van der Waals surface area contributed by atoms with Gasteiger partial charge in [-0.1, -0.05) is 0 Å². The topological polar surface area (TPSA) is 31.4 Å². The highest BCUT2D eigenvalue weighted by atomic mass is 79.9. The number of aromatic nitrogens is 1. The van der Waals surface area contributed by atoms with E-state index >= 15 is 0 Å². The summed E-state index contributed by atoms with van der Waals surface area (Å²) < 4.78 is 12.3. The van der Waals surface area contributed by atoms with E-state index < -0.39 is 0 Å². The van der Waals surface area contributed by atoms with Gasteiger partial charge < -0.3 is 9.47 Å². The maximum Gasteiger partial charge on any atom is 0.228 e. The molecule has 1 aromatic rings. The SMILES string of the molecule is COC1CCCC(Oc2ncc(C)cc2Br)C1. The minimum atomic E-state index is 0.222. The van der Waals surface area contributed by atoms with Gasteiger partial charge in [-0.15, -0.1) is 0 Å². The number of hydrogen-bond donors (Lipinski definition) is 0. The van der Waals surface area contributed by atoms with Crippen molar-refractivity contribution in [2.45, 2.75) is 44.8 Å². The van der Waals surface area contributed by atoms with Crippen molar-refractivity contribution in [3.63, 3.8) is 0 Å². The summed E-state index contributed by atoms with van der Waals surface area (Å²) in [6.45, 7) is 2.02. The first-order valence-corrected chi connectivity index (χ1v) is 6.80. The number of nitrogens with zero attached hydrogens (tertiary/aromatic N) is 1. The fraction of sp³-hybridized carbons (Fsp3) is 0.615. The molecule has 2 atom stereocenters. The van der Waals surface area contributed by atoms with Gasteiger partial charge in [0.1, 0.15) is 6.10 Å². The lowest BCUT2D eigenvalue weighted by molar-refractivity contribution is 0.0192. The normalized spacial score (nSPS) is 24.6. The molecule has 1 aromatic heterocycles. The van der Waals surface area contributed by atoms with Crippen LogP contribution < -0.4 is 4.74 Å². The van der Waals surface area contributed by atoms with E-state index in [2.05, 4.69) is 20.9 Å². The standard InChI is InChI=1S/C13H18BrNO2/c1-9-6-12(14)13(15-8-9)17-11-5-3-4-10(7-11)16-2/h6,8,10-11H,3-5,7H2,1-2H3. The van der Waals surface area contributed by atoms with Crippen molar-refractivity contribution in [1.82, 2.24) is 4.98 Å². The first-order chi connectivity index (χ1) is 8.19. The molecule has 0 N–H and O–H groups in total. The Labute approximate surface area is 111 Å². The monoisotopic (exact) mass is 299 g/mol. The predicted molar refractivity (Wildman–Crippen MR) is 70.4 cm³/mol. The number of halogens is 1. The second-order valence-corrected chi connectivity index (χ2v) is 5.42. The zero-order valence-corrected chi connectivity index (χ0v) is 11.9. The van der Waals surface area contributed by atoms with Gasteiger partial charge in [-0.3, -0.25) is 0 Å². The van der Waals surface area contributed by atoms with Gasteiger partial charge >= 0.3 is 0 Å². The minimum absolute atomic E-state index is 0.222. The highest BCUT2D eigenvalue weighted by Gasteiger charge is 2.23. The molecule has 4 heteroatoms. The maximum absolute atomic E-state index is 5.94. The molecule has 0 aromatic carbocycles. The summed E-state index contributed by atoms with van der Waals surface area (Å²) in [4.78, 5) is 4.31. The molecule has 0 amide bonds. The summed E-state index contributed by atoms with van der Waals surface area (Å²) >= 11 is 3.49. The molecule has 0 saturated heterocycles. The number of methoxy groups -OCH3 is 1. The number of rotatable bonds is 3. The second kappa shape index (κ2) is 5.83. The summed E-state index contributed by atoms with van der Waals surface area (Å²) in [6, 6.07) is 2.03. The molecule has 2 rings (SSSR count). The Balaban J connectivity index is 2.00. The van der Waals surface area contributed by atoms with Crippen LogP contribution in [0.15, 0.2) is 16.7 Å². The molecule has 2 unspecified atom stereocenters. The van der Waals surface area contributed by atoms with Crippen LogP contribution in [0.3, 0.4) is 0 Å². The fourth-order valence-electron chi connectivity index (χ4n) is 2.19. The molecular formula is C13H18BrNO2. The molecule has 1 heterocycles. The first kappa shape index (κ1) is 12.8. The van der Waals surface area contributed by atoms with E-state index in [-0.39, 0.29) is 6.10 Å². The van der Waals surface area contributed by atoms with Crippen LogP contribution >= 0.6 is 15.9 Å². The molecular weight excluding hydrogens is 282 g/mol. The van der Waals surface area contributed by atoms with Crippen LogP contribution in [0.5, 0.6) is 5.88 Å². The van der Waals surface area contributed by atoms with Crippen LogP contribution in [0.4, 0.5) is 0 Å². The van der Waals surface area contributed by atoms with Crippen molar-refractivity contribution in [3.8, 4) is 5.88 Å². The molecule has 0 bridgehead atoms. The Morgan fingerprint density at radius 2 is 2.12 bits per heavy atom. The molecule has 0 radical (unpaired) electrons. The second-order valence-electron chi connectivity index (χ2n) is 4.56. The van der Waals surface area contributed by atoms with Crippen molar-refractivity contribution in [3.05, 3.63) is 22.3 Å². The highest BCUT2D eigenvalue weighted by Crippen LogP contribution is 2.28. The van der Waals surface area contributed by atoms with E-state index in [4.69, 9.17) is 9.47 Å². The van der Waals surface area contributed by atoms with Crippen molar-refractivity contribution < 1.29 is 9.47 Å². The summed E-state index contributed by atoms with van der Waals surface area (Å²) in [5, 5.41) is 0. The molecule has 1 aliphatic rings. The van der Waals surface area contributed by atoms with Crippen LogP contribution in [0, 0.1) is 6.92 Å². The van der Waals surface area contributed by atoms with Crippen molar-refractivity contribution >= 4 is 15.9 Å². The lowest BCUT2D eigenvalue weighted by atomic mass is 9.95. The largest absolute Gasteiger partial charge is 0.473 e. The van der Waals surface area contributed by atoms with Crippen molar-refractivity contribution in [2.24, 2.45) is 0 Å². The summed E-state index contributed by atoms with van der Waals surface area (Å²) in [7, 11) is 1.77. The zero-order chi connectivity index (χ0) is 12.3. The van der Waals surface area contributed by atoms with Crippen LogP contribution in [0.2, 0.25) is 0 Å². The molecule has 1 saturated carbocycles. The van der Waals surface area contributed by atoms with Crippen LogP contribution in [0.1, 0.15) is 31.2 Å². The fourth-order valence-corrected chi connectivity index (χ4v) is 2.75. The van der Waals surface area contributed by atoms with Crippen LogP contribution in [-0.4, -0.2) is 24.3 Å². The minimum Gasteiger partial charge on any atom is -0.473 e. The molecule has 94 valence electrons. The summed E-state index contributed by atoms with van der Waals surface area (Å²) in [6.07, 6.45) is 6.72. The Morgan fingerprint density at radius 1 is 1.35 bits per heavy atom. The van der Waals surface area contributed by atoms with Gasteiger partial charge in [-0.25, -0.2) is 4.98 Å². The van der Waals surface area contributed by atoms with Gasteiger partial charge in [0, 0.05) is 19.7 Å². The highest BCUT2D eigenvalue weighted by molar-refractivity contribution is 9.10. The Morgan fingerprint density at radius 3 is 2.82 bits per heavy atom. The number of aryl methyl sites for hydroxylation is 1. The third kappa shape index (κ3) is 3.42. The van der Waals surface area contributed by atoms with E-state index in [0.29, 0.717) is 12.0 Å². The maximum atomic E-state index is 5.94. The van der Waals surface area contributed by atoms with Crippen LogP contribution in [0.25, 0.3) is 0 Å². The number of ether oxygens (including phenoxy) is 2. The lowest BCUT2D eigenvalue weighted by Gasteiger charge is -2.28. The van der Waals surface area contributed by atoms with Gasteiger partial charge in [-0.2, -0.15) is 0 Å². The summed E-state index contributed by atoms with van der Waals surface area (Å²) in [5.74, 6) is 0.692. The van der Waals surface area contributed by atoms with E-state index in [0.717, 1.165) is 35.7 Å². The van der Waals surface area contributed by atoms with E-state index in [1.165, 1.54) is 0 Å². The first-order valence-electron chi connectivity index (χ1n) is 6.00. The lowest BCUT2D eigenvalue weighted by Crippen LogP contribution is -2.29. The van der Waals surface area contributed by atoms with Gasteiger partial charge in [0.2, 0.25) is 5.88 Å². The van der Waals surface area contributed by atoms with Gasteiger partial charge in [0.25, 0.3) is 0 Å². The zero-order valence-electron chi connectivity index (χ0n) is 10.3. The molecule has 17 heavy (non-hydrogen) atoms. The van der Waals surface area contributed by atoms with Crippen LogP contribution in [-0.2, 0) is 4.74 Å². The Kier molecular flexibility index (Phi) is 4.40. The van der Waals surface area contributed by atoms with Gasteiger partial charge in [0.15, 0.2) is 0 Å². The van der Waals surface area contributed by atoms with E-state index in [1.54, 1.807) is 7.11 Å². The smallest absolute Gasteiger partial charge is 0.228 e. The van der Waals surface area contributed by atoms with E-state index in [1.807, 2.05) is 19.2 Å². The molecule has 1 fully saturated rings. The third-order valence-corrected chi connectivity index (χ3v) is 3.70. The average Bonchev–Trinajstić information content (AvgIpc) is 2.33. The Hall–Kier alpha value is -0.610. The third-order valence-electron chi connectivity index (χ3n) is 3.13. The number of hydrogen-bond acceptors (Lipinski definition) is 3. The Bertz CT molecular complexity index is 384. The molecule has 0 spiro atoms. The average molecular weight is 300 g/mol. The molecule has 3 nitrogen and oxygen atoms in total. The molecule has 0 aliphatic heterocycles. The number of pyridine rings is 1. The quantitative estimate of drug-likeness (QED) is 0.856. The van der Waals surface area contributed by atoms with Gasteiger partial charge in [-0.05, 0) is 53.7 Å². The van der Waals surface area contributed by atoms with Crippen molar-refractivity contribution in [2.75, 3.05) is 7.11 Å². The predicted octanol–water partition coefficient (Wildman–Crippen LogP) is 3.49.